The highest BCUT2D eigenvalue weighted by atomic mass is 35.5. The van der Waals surface area contributed by atoms with Gasteiger partial charge < -0.3 is 5.32 Å². The summed E-state index contributed by atoms with van der Waals surface area (Å²) < 4.78 is 1.78. The van der Waals surface area contributed by atoms with Gasteiger partial charge in [-0.25, -0.2) is 14.6 Å². The molecule has 1 saturated carbocycles. The van der Waals surface area contributed by atoms with Crippen molar-refractivity contribution < 1.29 is 0 Å². The summed E-state index contributed by atoms with van der Waals surface area (Å²) in [6.45, 7) is 0.504. The smallest absolute Gasteiger partial charge is 0.184 e. The Morgan fingerprint density at radius 2 is 1.78 bits per heavy atom. The summed E-state index contributed by atoms with van der Waals surface area (Å²) in [5.41, 5.74) is 3.33. The van der Waals surface area contributed by atoms with Crippen molar-refractivity contribution in [2.75, 3.05) is 5.32 Å². The number of hydrogen-bond donors (Lipinski definition) is 1. The Morgan fingerprint density at radius 1 is 1.00 bits per heavy atom. The van der Waals surface area contributed by atoms with Crippen LogP contribution in [0.5, 0.6) is 0 Å². The third-order valence-electron chi connectivity index (χ3n) is 4.59. The van der Waals surface area contributed by atoms with E-state index in [9.17, 15) is 0 Å². The van der Waals surface area contributed by atoms with Crippen LogP contribution in [0.25, 0.3) is 22.6 Å². The molecule has 0 atom stereocenters. The van der Waals surface area contributed by atoms with E-state index < -0.39 is 0 Å². The van der Waals surface area contributed by atoms with E-state index in [1.54, 1.807) is 4.68 Å². The lowest BCUT2D eigenvalue weighted by molar-refractivity contribution is 0.664. The molecule has 4 aromatic rings. The molecule has 1 aliphatic rings. The molecule has 0 bridgehead atoms. The number of nitrogens with zero attached hydrogens (tertiary/aromatic N) is 5. The van der Waals surface area contributed by atoms with Crippen molar-refractivity contribution in [3.05, 3.63) is 65.2 Å². The molecule has 2 aromatic carbocycles. The Morgan fingerprint density at radius 3 is 2.56 bits per heavy atom. The Bertz CT molecular complexity index is 1100. The van der Waals surface area contributed by atoms with Gasteiger partial charge in [0.15, 0.2) is 22.8 Å². The van der Waals surface area contributed by atoms with Crippen LogP contribution < -0.4 is 5.32 Å². The van der Waals surface area contributed by atoms with Gasteiger partial charge in [0, 0.05) is 16.6 Å². The second kappa shape index (κ2) is 6.63. The molecule has 2 aromatic heterocycles. The highest BCUT2D eigenvalue weighted by molar-refractivity contribution is 6.31. The number of nitrogens with one attached hydrogen (secondary N) is 1. The second-order valence-corrected chi connectivity index (χ2v) is 7.10. The molecule has 6 nitrogen and oxygen atoms in total. The average molecular weight is 377 g/mol. The normalized spacial score (nSPS) is 13.8. The van der Waals surface area contributed by atoms with Crippen LogP contribution in [0, 0.1) is 0 Å². The predicted octanol–water partition coefficient (Wildman–Crippen LogP) is 4.16. The maximum Gasteiger partial charge on any atom is 0.184 e. The summed E-state index contributed by atoms with van der Waals surface area (Å²) in [5, 5.41) is 12.8. The predicted molar refractivity (Wildman–Crippen MR) is 106 cm³/mol. The van der Waals surface area contributed by atoms with E-state index in [1.165, 1.54) is 0 Å². The van der Waals surface area contributed by atoms with Crippen LogP contribution >= 0.6 is 11.6 Å². The topological polar surface area (TPSA) is 68.5 Å². The number of fused-ring (bicyclic) bond motifs is 1. The number of benzene rings is 2. The average Bonchev–Trinajstić information content (AvgIpc) is 3.43. The van der Waals surface area contributed by atoms with Crippen LogP contribution in [0.4, 0.5) is 5.82 Å². The SMILES string of the molecule is Clc1ccccc1Cn1nnc2c(NC3CC3)nc(-c3ccccc3)nc21. The van der Waals surface area contributed by atoms with E-state index in [0.717, 1.165) is 29.8 Å². The molecule has 0 radical (unpaired) electrons. The van der Waals surface area contributed by atoms with Gasteiger partial charge in [-0.3, -0.25) is 0 Å². The summed E-state index contributed by atoms with van der Waals surface area (Å²) in [4.78, 5) is 9.49. The monoisotopic (exact) mass is 376 g/mol. The Labute approximate surface area is 161 Å². The van der Waals surface area contributed by atoms with Gasteiger partial charge in [0.2, 0.25) is 0 Å². The minimum atomic E-state index is 0.459. The second-order valence-electron chi connectivity index (χ2n) is 6.69. The molecule has 0 amide bonds. The molecule has 1 fully saturated rings. The zero-order chi connectivity index (χ0) is 18.2. The fraction of sp³-hybridized carbons (Fsp3) is 0.200. The van der Waals surface area contributed by atoms with E-state index in [2.05, 4.69) is 15.6 Å². The largest absolute Gasteiger partial charge is 0.365 e. The van der Waals surface area contributed by atoms with E-state index in [1.807, 2.05) is 54.6 Å². The zero-order valence-electron chi connectivity index (χ0n) is 14.5. The third-order valence-corrected chi connectivity index (χ3v) is 4.96. The van der Waals surface area contributed by atoms with E-state index in [-0.39, 0.29) is 0 Å². The van der Waals surface area contributed by atoms with Gasteiger partial charge in [0.05, 0.1) is 6.54 Å². The minimum absolute atomic E-state index is 0.459. The van der Waals surface area contributed by atoms with Crippen molar-refractivity contribution in [3.8, 4) is 11.4 Å². The van der Waals surface area contributed by atoms with Crippen molar-refractivity contribution in [2.45, 2.75) is 25.4 Å². The van der Waals surface area contributed by atoms with E-state index in [0.29, 0.717) is 34.6 Å². The zero-order valence-corrected chi connectivity index (χ0v) is 15.3. The first-order valence-corrected chi connectivity index (χ1v) is 9.32. The molecular weight excluding hydrogens is 360 g/mol. The minimum Gasteiger partial charge on any atom is -0.365 e. The molecule has 0 spiro atoms. The number of anilines is 1. The molecule has 134 valence electrons. The number of hydrogen-bond acceptors (Lipinski definition) is 5. The van der Waals surface area contributed by atoms with Gasteiger partial charge in [0.25, 0.3) is 0 Å². The highest BCUT2D eigenvalue weighted by Gasteiger charge is 2.24. The van der Waals surface area contributed by atoms with Crippen molar-refractivity contribution in [1.82, 2.24) is 25.0 Å². The fourth-order valence-electron chi connectivity index (χ4n) is 2.99. The first kappa shape index (κ1) is 16.2. The van der Waals surface area contributed by atoms with Crippen LogP contribution in [0.2, 0.25) is 5.02 Å². The number of rotatable bonds is 5. The van der Waals surface area contributed by atoms with E-state index >= 15 is 0 Å². The van der Waals surface area contributed by atoms with Crippen molar-refractivity contribution in [1.29, 1.82) is 0 Å². The summed E-state index contributed by atoms with van der Waals surface area (Å²) in [5.74, 6) is 1.40. The molecule has 5 rings (SSSR count). The van der Waals surface area contributed by atoms with Crippen molar-refractivity contribution in [3.63, 3.8) is 0 Å². The fourth-order valence-corrected chi connectivity index (χ4v) is 3.18. The molecule has 27 heavy (non-hydrogen) atoms. The van der Waals surface area contributed by atoms with Gasteiger partial charge in [-0.2, -0.15) is 0 Å². The molecule has 0 aliphatic heterocycles. The maximum atomic E-state index is 6.32. The molecule has 0 saturated heterocycles. The molecule has 7 heteroatoms. The molecule has 1 N–H and O–H groups in total. The van der Waals surface area contributed by atoms with E-state index in [4.69, 9.17) is 21.6 Å². The van der Waals surface area contributed by atoms with Gasteiger partial charge in [0.1, 0.15) is 0 Å². The number of aromatic nitrogens is 5. The van der Waals surface area contributed by atoms with Crippen LogP contribution in [0.1, 0.15) is 18.4 Å². The van der Waals surface area contributed by atoms with Gasteiger partial charge in [-0.05, 0) is 24.5 Å². The van der Waals surface area contributed by atoms with Crippen molar-refractivity contribution in [2.24, 2.45) is 0 Å². The van der Waals surface area contributed by atoms with Gasteiger partial charge in [-0.1, -0.05) is 65.3 Å². The summed E-state index contributed by atoms with van der Waals surface area (Å²) >= 11 is 6.32. The Balaban J connectivity index is 1.63. The lowest BCUT2D eigenvalue weighted by Gasteiger charge is -2.08. The molecule has 2 heterocycles. The quantitative estimate of drug-likeness (QED) is 0.566. The van der Waals surface area contributed by atoms with Crippen LogP contribution in [-0.2, 0) is 6.54 Å². The summed E-state index contributed by atoms with van der Waals surface area (Å²) in [6, 6.07) is 18.2. The van der Waals surface area contributed by atoms with Crippen molar-refractivity contribution >= 4 is 28.6 Å². The van der Waals surface area contributed by atoms with Crippen LogP contribution in [0.3, 0.4) is 0 Å². The Hall–Kier alpha value is -2.99. The van der Waals surface area contributed by atoms with Crippen LogP contribution in [-0.4, -0.2) is 31.0 Å². The van der Waals surface area contributed by atoms with Gasteiger partial charge in [-0.15, -0.1) is 5.10 Å². The first-order chi connectivity index (χ1) is 13.3. The number of halogens is 1. The maximum absolute atomic E-state index is 6.32. The summed E-state index contributed by atoms with van der Waals surface area (Å²) in [6.07, 6.45) is 2.31. The highest BCUT2D eigenvalue weighted by Crippen LogP contribution is 2.29. The third kappa shape index (κ3) is 3.24. The lowest BCUT2D eigenvalue weighted by Crippen LogP contribution is -2.07. The Kier molecular flexibility index (Phi) is 3.98. The molecule has 0 unspecified atom stereocenters. The molecule has 1 aliphatic carbocycles. The van der Waals surface area contributed by atoms with Gasteiger partial charge >= 0.3 is 0 Å². The summed E-state index contributed by atoms with van der Waals surface area (Å²) in [7, 11) is 0. The standard InChI is InChI=1S/C20H17ClN6/c21-16-9-5-4-8-14(16)12-27-20-17(25-26-27)19(22-15-10-11-15)23-18(24-20)13-6-2-1-3-7-13/h1-9,15H,10-12H2,(H,22,23,24). The lowest BCUT2D eigenvalue weighted by atomic mass is 10.2. The first-order valence-electron chi connectivity index (χ1n) is 8.94. The molecular formula is C20H17ClN6. The van der Waals surface area contributed by atoms with Crippen LogP contribution in [0.15, 0.2) is 54.6 Å².